The average molecular weight is 388 g/mol. The monoisotopic (exact) mass is 388 g/mol. The smallest absolute Gasteiger partial charge is 0.504 e. The maximum absolute atomic E-state index is 9.16. The number of benzene rings is 2. The summed E-state index contributed by atoms with van der Waals surface area (Å²) in [5.41, 5.74) is 2.11. The molecular formula is C20H28FeO4+3. The SMILES string of the molecule is CC(C)Cc1ccc(O)c(O)c1.CC(C)Cc1ccc(O)c(O)c1.[Fe+3]. The van der Waals surface area contributed by atoms with E-state index < -0.39 is 0 Å². The first kappa shape index (κ1) is 23.2. The molecular weight excluding hydrogens is 360 g/mol. The summed E-state index contributed by atoms with van der Waals surface area (Å²) in [7, 11) is 0. The summed E-state index contributed by atoms with van der Waals surface area (Å²) in [6, 6.07) is 9.91. The molecule has 5 heteroatoms. The molecule has 2 aromatic rings. The van der Waals surface area contributed by atoms with Gasteiger partial charge in [0.15, 0.2) is 23.0 Å². The van der Waals surface area contributed by atoms with E-state index in [4.69, 9.17) is 20.4 Å². The van der Waals surface area contributed by atoms with Crippen LogP contribution >= 0.6 is 0 Å². The predicted molar refractivity (Wildman–Crippen MR) is 96.6 cm³/mol. The first-order chi connectivity index (χ1) is 11.2. The minimum atomic E-state index is -0.0532. The summed E-state index contributed by atoms with van der Waals surface area (Å²) >= 11 is 0. The van der Waals surface area contributed by atoms with Crippen LogP contribution in [0.25, 0.3) is 0 Å². The first-order valence-electron chi connectivity index (χ1n) is 8.20. The molecule has 0 heterocycles. The van der Waals surface area contributed by atoms with E-state index in [1.54, 1.807) is 12.1 Å². The minimum Gasteiger partial charge on any atom is -0.504 e. The van der Waals surface area contributed by atoms with Crippen LogP contribution in [-0.2, 0) is 29.9 Å². The maximum atomic E-state index is 9.16. The third-order valence-corrected chi connectivity index (χ3v) is 3.37. The molecule has 2 rings (SSSR count). The molecule has 0 fully saturated rings. The molecule has 2 aromatic carbocycles. The van der Waals surface area contributed by atoms with Gasteiger partial charge < -0.3 is 20.4 Å². The molecule has 0 aliphatic heterocycles. The maximum Gasteiger partial charge on any atom is 3.00 e. The summed E-state index contributed by atoms with van der Waals surface area (Å²) in [4.78, 5) is 0. The van der Waals surface area contributed by atoms with Gasteiger partial charge >= 0.3 is 17.1 Å². The van der Waals surface area contributed by atoms with Gasteiger partial charge in [0.25, 0.3) is 0 Å². The van der Waals surface area contributed by atoms with Crippen molar-refractivity contribution < 1.29 is 37.5 Å². The fourth-order valence-corrected chi connectivity index (χ4v) is 2.33. The van der Waals surface area contributed by atoms with Crippen molar-refractivity contribution in [1.82, 2.24) is 0 Å². The summed E-state index contributed by atoms with van der Waals surface area (Å²) in [5, 5.41) is 36.4. The van der Waals surface area contributed by atoms with Crippen molar-refractivity contribution in [2.24, 2.45) is 11.8 Å². The fraction of sp³-hybridized carbons (Fsp3) is 0.400. The number of rotatable bonds is 4. The number of phenolic OH excluding ortho intramolecular Hbond substituents is 4. The molecule has 0 aliphatic carbocycles. The van der Waals surface area contributed by atoms with Gasteiger partial charge in [0.1, 0.15) is 0 Å². The Kier molecular flexibility index (Phi) is 10.1. The molecule has 4 N–H and O–H groups in total. The van der Waals surface area contributed by atoms with Crippen molar-refractivity contribution in [3.63, 3.8) is 0 Å². The van der Waals surface area contributed by atoms with E-state index in [9.17, 15) is 0 Å². The Balaban J connectivity index is 0.000000443. The van der Waals surface area contributed by atoms with E-state index in [-0.39, 0.29) is 40.1 Å². The van der Waals surface area contributed by atoms with Gasteiger partial charge in [-0.1, -0.05) is 39.8 Å². The molecule has 0 amide bonds. The van der Waals surface area contributed by atoms with Gasteiger partial charge in [0.05, 0.1) is 0 Å². The first-order valence-corrected chi connectivity index (χ1v) is 8.20. The summed E-state index contributed by atoms with van der Waals surface area (Å²) < 4.78 is 0. The van der Waals surface area contributed by atoms with Crippen molar-refractivity contribution >= 4 is 0 Å². The molecule has 1 radical (unpaired) electrons. The van der Waals surface area contributed by atoms with E-state index in [0.29, 0.717) is 11.8 Å². The van der Waals surface area contributed by atoms with E-state index in [0.717, 1.165) is 24.0 Å². The van der Waals surface area contributed by atoms with Crippen LogP contribution in [0, 0.1) is 11.8 Å². The molecule has 0 unspecified atom stereocenters. The quantitative estimate of drug-likeness (QED) is 0.456. The molecule has 0 aliphatic rings. The van der Waals surface area contributed by atoms with Crippen LogP contribution in [0.4, 0.5) is 0 Å². The van der Waals surface area contributed by atoms with E-state index >= 15 is 0 Å². The van der Waals surface area contributed by atoms with Gasteiger partial charge in [-0.25, -0.2) is 0 Å². The topological polar surface area (TPSA) is 80.9 Å². The van der Waals surface area contributed by atoms with Gasteiger partial charge in [-0.15, -0.1) is 0 Å². The fourth-order valence-electron chi connectivity index (χ4n) is 2.33. The molecule has 0 bridgehead atoms. The number of aromatic hydroxyl groups is 4. The van der Waals surface area contributed by atoms with Crippen molar-refractivity contribution in [3.8, 4) is 23.0 Å². The zero-order valence-corrected chi connectivity index (χ0v) is 16.3. The molecule has 0 atom stereocenters. The Morgan fingerprint density at radius 1 is 0.600 bits per heavy atom. The van der Waals surface area contributed by atoms with Crippen LogP contribution in [-0.4, -0.2) is 20.4 Å². The number of hydrogen-bond acceptors (Lipinski definition) is 4. The Morgan fingerprint density at radius 3 is 1.16 bits per heavy atom. The van der Waals surface area contributed by atoms with Crippen molar-refractivity contribution in [3.05, 3.63) is 47.5 Å². The van der Waals surface area contributed by atoms with Gasteiger partial charge in [0.2, 0.25) is 0 Å². The average Bonchev–Trinajstić information content (AvgIpc) is 2.46. The van der Waals surface area contributed by atoms with Crippen LogP contribution in [0.5, 0.6) is 23.0 Å². The summed E-state index contributed by atoms with van der Waals surface area (Å²) in [6.07, 6.45) is 1.85. The van der Waals surface area contributed by atoms with Crippen molar-refractivity contribution in [2.45, 2.75) is 40.5 Å². The zero-order chi connectivity index (χ0) is 18.3. The molecule has 0 saturated carbocycles. The predicted octanol–water partition coefficient (Wildman–Crippen LogP) is 4.59. The Bertz CT molecular complexity index is 597. The van der Waals surface area contributed by atoms with Crippen molar-refractivity contribution in [1.29, 1.82) is 0 Å². The Labute approximate surface area is 160 Å². The van der Waals surface area contributed by atoms with Gasteiger partial charge in [-0.2, -0.15) is 0 Å². The molecule has 25 heavy (non-hydrogen) atoms. The second kappa shape index (κ2) is 10.9. The largest absolute Gasteiger partial charge is 3.00 e. The second-order valence-corrected chi connectivity index (χ2v) is 6.84. The van der Waals surface area contributed by atoms with Crippen LogP contribution < -0.4 is 0 Å². The van der Waals surface area contributed by atoms with Crippen molar-refractivity contribution in [2.75, 3.05) is 0 Å². The van der Waals surface area contributed by atoms with E-state index in [2.05, 4.69) is 27.7 Å². The standard InChI is InChI=1S/2C10H14O2.Fe/c2*1-7(2)5-8-3-4-9(11)10(12)6-8;/h2*3-4,6-7,11-12H,5H2,1-2H3;/q;;+3. The van der Waals surface area contributed by atoms with Gasteiger partial charge in [-0.3, -0.25) is 0 Å². The van der Waals surface area contributed by atoms with Gasteiger partial charge in [0, 0.05) is 0 Å². The third-order valence-electron chi connectivity index (χ3n) is 3.37. The van der Waals surface area contributed by atoms with Gasteiger partial charge in [-0.05, 0) is 60.1 Å². The Hall–Kier alpha value is -1.84. The second-order valence-electron chi connectivity index (χ2n) is 6.84. The summed E-state index contributed by atoms with van der Waals surface area (Å²) in [5.74, 6) is 0.953. The molecule has 0 saturated heterocycles. The number of phenols is 4. The molecule has 137 valence electrons. The van der Waals surface area contributed by atoms with Crippen LogP contribution in [0.3, 0.4) is 0 Å². The molecule has 0 aromatic heterocycles. The van der Waals surface area contributed by atoms with E-state index in [1.807, 2.05) is 12.1 Å². The summed E-state index contributed by atoms with van der Waals surface area (Å²) in [6.45, 7) is 8.46. The number of hydrogen-bond donors (Lipinski definition) is 4. The van der Waals surface area contributed by atoms with E-state index in [1.165, 1.54) is 12.1 Å². The Morgan fingerprint density at radius 2 is 0.920 bits per heavy atom. The normalized spacial score (nSPS) is 10.2. The third kappa shape index (κ3) is 8.71. The minimum absolute atomic E-state index is 0. The zero-order valence-electron chi connectivity index (χ0n) is 15.2. The molecule has 0 spiro atoms. The van der Waals surface area contributed by atoms with Crippen LogP contribution in [0.1, 0.15) is 38.8 Å². The van der Waals surface area contributed by atoms with Crippen LogP contribution in [0.15, 0.2) is 36.4 Å². The molecule has 4 nitrogen and oxygen atoms in total. The van der Waals surface area contributed by atoms with Crippen LogP contribution in [0.2, 0.25) is 0 Å².